The largest absolute Gasteiger partial charge is 0.351 e. The van der Waals surface area contributed by atoms with Crippen LogP contribution in [0, 0.1) is 0 Å². The first-order valence-corrected chi connectivity index (χ1v) is 8.76. The van der Waals surface area contributed by atoms with E-state index in [0.717, 1.165) is 25.7 Å². The lowest BCUT2D eigenvalue weighted by Crippen LogP contribution is -2.42. The summed E-state index contributed by atoms with van der Waals surface area (Å²) < 4.78 is 0. The molecule has 2 aliphatic carbocycles. The first-order valence-electron chi connectivity index (χ1n) is 7.88. The lowest BCUT2D eigenvalue weighted by molar-refractivity contribution is -0.134. The van der Waals surface area contributed by atoms with E-state index < -0.39 is 0 Å². The van der Waals surface area contributed by atoms with Crippen LogP contribution in [-0.2, 0) is 4.79 Å². The molecule has 5 heteroatoms. The van der Waals surface area contributed by atoms with E-state index in [4.69, 9.17) is 0 Å². The van der Waals surface area contributed by atoms with Crippen molar-refractivity contribution in [3.05, 3.63) is 22.4 Å². The fraction of sp³-hybridized carbons (Fsp3) is 0.625. The number of nitrogens with one attached hydrogen (secondary N) is 1. The third-order valence-electron chi connectivity index (χ3n) is 4.32. The van der Waals surface area contributed by atoms with E-state index in [-0.39, 0.29) is 11.8 Å². The molecule has 0 bridgehead atoms. The fourth-order valence-corrected chi connectivity index (χ4v) is 3.79. The monoisotopic (exact) mass is 306 g/mol. The second-order valence-electron chi connectivity index (χ2n) is 5.95. The van der Waals surface area contributed by atoms with Crippen LogP contribution in [0.4, 0.5) is 0 Å². The molecule has 0 radical (unpaired) electrons. The van der Waals surface area contributed by atoms with Crippen molar-refractivity contribution < 1.29 is 9.59 Å². The lowest BCUT2D eigenvalue weighted by Gasteiger charge is -2.29. The normalized spacial score (nSPS) is 18.7. The Morgan fingerprint density at radius 3 is 2.52 bits per heavy atom. The van der Waals surface area contributed by atoms with Gasteiger partial charge in [0.05, 0.1) is 4.88 Å². The van der Waals surface area contributed by atoms with Crippen molar-refractivity contribution in [3.8, 4) is 0 Å². The number of nitrogens with zero attached hydrogens (tertiary/aromatic N) is 1. The molecule has 1 N–H and O–H groups in total. The summed E-state index contributed by atoms with van der Waals surface area (Å²) in [6, 6.07) is 4.60. The van der Waals surface area contributed by atoms with Gasteiger partial charge in [-0.3, -0.25) is 9.59 Å². The number of hydrogen-bond acceptors (Lipinski definition) is 3. The summed E-state index contributed by atoms with van der Waals surface area (Å²) in [6.07, 6.45) is 7.54. The molecule has 2 amide bonds. The second kappa shape index (κ2) is 6.60. The number of thiophene rings is 1. The fourth-order valence-electron chi connectivity index (χ4n) is 3.15. The average molecular weight is 306 g/mol. The molecule has 0 aromatic carbocycles. The molecule has 2 aliphatic rings. The van der Waals surface area contributed by atoms with Crippen LogP contribution in [0.15, 0.2) is 17.5 Å². The summed E-state index contributed by atoms with van der Waals surface area (Å²) >= 11 is 1.42. The summed E-state index contributed by atoms with van der Waals surface area (Å²) in [5, 5.41) is 4.73. The topological polar surface area (TPSA) is 49.4 Å². The maximum atomic E-state index is 12.5. The minimum absolute atomic E-state index is 0.0726. The standard InChI is InChI=1S/C16H22N2O2S/c19-15(9-10-17-16(20)14-6-3-11-21-14)18(13-7-8-13)12-4-1-2-5-12/h3,6,11-13H,1-2,4-5,7-10H2,(H,17,20). The quantitative estimate of drug-likeness (QED) is 0.878. The van der Waals surface area contributed by atoms with Crippen molar-refractivity contribution in [2.75, 3.05) is 6.54 Å². The predicted octanol–water partition coefficient (Wildman–Crippen LogP) is 2.80. The van der Waals surface area contributed by atoms with E-state index >= 15 is 0 Å². The maximum absolute atomic E-state index is 12.5. The minimum atomic E-state index is -0.0726. The number of carbonyl (C=O) groups is 2. The van der Waals surface area contributed by atoms with Gasteiger partial charge in [0.1, 0.15) is 0 Å². The third kappa shape index (κ3) is 3.64. The molecule has 2 saturated carbocycles. The molecule has 2 fully saturated rings. The molecule has 1 aromatic heterocycles. The molecule has 0 spiro atoms. The van der Waals surface area contributed by atoms with Crippen LogP contribution in [0.25, 0.3) is 0 Å². The Hall–Kier alpha value is -1.36. The number of amides is 2. The molecule has 0 unspecified atom stereocenters. The van der Waals surface area contributed by atoms with Crippen molar-refractivity contribution in [1.82, 2.24) is 10.2 Å². The zero-order valence-corrected chi connectivity index (χ0v) is 13.0. The highest BCUT2D eigenvalue weighted by atomic mass is 32.1. The van der Waals surface area contributed by atoms with Crippen LogP contribution in [0.3, 0.4) is 0 Å². The molecule has 0 saturated heterocycles. The summed E-state index contributed by atoms with van der Waals surface area (Å²) in [7, 11) is 0. The zero-order chi connectivity index (χ0) is 14.7. The predicted molar refractivity (Wildman–Crippen MR) is 83.4 cm³/mol. The highest BCUT2D eigenvalue weighted by molar-refractivity contribution is 7.12. The smallest absolute Gasteiger partial charge is 0.261 e. The van der Waals surface area contributed by atoms with Crippen molar-refractivity contribution in [3.63, 3.8) is 0 Å². The molecule has 114 valence electrons. The summed E-state index contributed by atoms with van der Waals surface area (Å²) in [4.78, 5) is 27.1. The van der Waals surface area contributed by atoms with E-state index in [1.165, 1.54) is 24.2 Å². The first kappa shape index (κ1) is 14.6. The Labute approximate surface area is 129 Å². The van der Waals surface area contributed by atoms with Gasteiger partial charge in [-0.2, -0.15) is 0 Å². The van der Waals surface area contributed by atoms with Gasteiger partial charge in [0, 0.05) is 25.0 Å². The van der Waals surface area contributed by atoms with E-state index in [9.17, 15) is 9.59 Å². The first-order chi connectivity index (χ1) is 10.3. The molecular formula is C16H22N2O2S. The van der Waals surface area contributed by atoms with Crippen molar-refractivity contribution in [2.45, 2.75) is 57.0 Å². The van der Waals surface area contributed by atoms with Crippen LogP contribution < -0.4 is 5.32 Å². The highest BCUT2D eigenvalue weighted by Gasteiger charge is 2.37. The van der Waals surface area contributed by atoms with Gasteiger partial charge in [-0.25, -0.2) is 0 Å². The second-order valence-corrected chi connectivity index (χ2v) is 6.90. The van der Waals surface area contributed by atoms with Gasteiger partial charge >= 0.3 is 0 Å². The van der Waals surface area contributed by atoms with Crippen molar-refractivity contribution in [1.29, 1.82) is 0 Å². The van der Waals surface area contributed by atoms with Gasteiger partial charge in [-0.1, -0.05) is 18.9 Å². The Morgan fingerprint density at radius 1 is 1.19 bits per heavy atom. The van der Waals surface area contributed by atoms with Crippen LogP contribution in [0.5, 0.6) is 0 Å². The number of rotatable bonds is 6. The van der Waals surface area contributed by atoms with E-state index in [2.05, 4.69) is 10.2 Å². The summed E-state index contributed by atoms with van der Waals surface area (Å²) in [5.74, 6) is 0.146. The molecular weight excluding hydrogens is 284 g/mol. The molecule has 3 rings (SSSR count). The van der Waals surface area contributed by atoms with Gasteiger partial charge in [-0.05, 0) is 37.1 Å². The van der Waals surface area contributed by atoms with E-state index in [1.54, 1.807) is 6.07 Å². The molecule has 4 nitrogen and oxygen atoms in total. The van der Waals surface area contributed by atoms with Crippen molar-refractivity contribution >= 4 is 23.2 Å². The van der Waals surface area contributed by atoms with Crippen molar-refractivity contribution in [2.24, 2.45) is 0 Å². The van der Waals surface area contributed by atoms with E-state index in [0.29, 0.717) is 29.9 Å². The molecule has 21 heavy (non-hydrogen) atoms. The van der Waals surface area contributed by atoms with Gasteiger partial charge in [0.15, 0.2) is 0 Å². The minimum Gasteiger partial charge on any atom is -0.351 e. The number of carbonyl (C=O) groups excluding carboxylic acids is 2. The molecule has 1 aromatic rings. The van der Waals surface area contributed by atoms with Gasteiger partial charge in [-0.15, -0.1) is 11.3 Å². The Balaban J connectivity index is 1.47. The SMILES string of the molecule is O=C(NCCC(=O)N(C1CCCC1)C1CC1)c1cccs1. The highest BCUT2D eigenvalue weighted by Crippen LogP contribution is 2.34. The molecule has 0 atom stereocenters. The average Bonchev–Trinajstić information content (AvgIpc) is 2.97. The maximum Gasteiger partial charge on any atom is 0.261 e. The lowest BCUT2D eigenvalue weighted by atomic mass is 10.2. The van der Waals surface area contributed by atoms with Crippen LogP contribution in [-0.4, -0.2) is 35.3 Å². The van der Waals surface area contributed by atoms with Crippen LogP contribution in [0.2, 0.25) is 0 Å². The molecule has 1 heterocycles. The van der Waals surface area contributed by atoms with Gasteiger partial charge in [0.25, 0.3) is 5.91 Å². The Kier molecular flexibility index (Phi) is 4.58. The Bertz CT molecular complexity index is 490. The number of hydrogen-bond donors (Lipinski definition) is 1. The van der Waals surface area contributed by atoms with E-state index in [1.807, 2.05) is 11.4 Å². The summed E-state index contributed by atoms with van der Waals surface area (Å²) in [5.41, 5.74) is 0. The van der Waals surface area contributed by atoms with Gasteiger partial charge in [0.2, 0.25) is 5.91 Å². The zero-order valence-electron chi connectivity index (χ0n) is 12.2. The van der Waals surface area contributed by atoms with Crippen LogP contribution in [0.1, 0.15) is 54.6 Å². The Morgan fingerprint density at radius 2 is 1.90 bits per heavy atom. The third-order valence-corrected chi connectivity index (χ3v) is 5.18. The van der Waals surface area contributed by atoms with Gasteiger partial charge < -0.3 is 10.2 Å². The summed E-state index contributed by atoms with van der Waals surface area (Å²) in [6.45, 7) is 0.436. The van der Waals surface area contributed by atoms with Crippen LogP contribution >= 0.6 is 11.3 Å². The molecule has 0 aliphatic heterocycles.